The van der Waals surface area contributed by atoms with Gasteiger partial charge >= 0.3 is 5.97 Å². The molecule has 98 valence electrons. The number of ether oxygens (including phenoxy) is 1. The molecule has 1 aromatic rings. The Morgan fingerprint density at radius 3 is 2.72 bits per heavy atom. The SMILES string of the molecule is Cc1ccc(N(CC(=O)O)C2CCCOC2)cc1. The van der Waals surface area contributed by atoms with E-state index in [0.29, 0.717) is 6.61 Å². The summed E-state index contributed by atoms with van der Waals surface area (Å²) < 4.78 is 5.46. The quantitative estimate of drug-likeness (QED) is 0.887. The average molecular weight is 249 g/mol. The summed E-state index contributed by atoms with van der Waals surface area (Å²) in [6.45, 7) is 3.44. The van der Waals surface area contributed by atoms with Crippen molar-refractivity contribution in [1.29, 1.82) is 0 Å². The van der Waals surface area contributed by atoms with Crippen molar-refractivity contribution in [2.45, 2.75) is 25.8 Å². The number of benzene rings is 1. The third-order valence-electron chi connectivity index (χ3n) is 3.25. The predicted molar refractivity (Wildman–Crippen MR) is 70.0 cm³/mol. The molecule has 1 heterocycles. The molecular weight excluding hydrogens is 230 g/mol. The van der Waals surface area contributed by atoms with Gasteiger partial charge < -0.3 is 14.7 Å². The van der Waals surface area contributed by atoms with Crippen LogP contribution in [0.15, 0.2) is 24.3 Å². The molecule has 1 atom stereocenters. The summed E-state index contributed by atoms with van der Waals surface area (Å²) in [4.78, 5) is 12.9. The Labute approximate surface area is 107 Å². The van der Waals surface area contributed by atoms with Crippen LogP contribution in [0.25, 0.3) is 0 Å². The van der Waals surface area contributed by atoms with E-state index in [1.807, 2.05) is 36.1 Å². The van der Waals surface area contributed by atoms with E-state index in [4.69, 9.17) is 9.84 Å². The monoisotopic (exact) mass is 249 g/mol. The average Bonchev–Trinajstić information content (AvgIpc) is 2.38. The van der Waals surface area contributed by atoms with Crippen LogP contribution in [0.3, 0.4) is 0 Å². The highest BCUT2D eigenvalue weighted by Crippen LogP contribution is 2.22. The fourth-order valence-electron chi connectivity index (χ4n) is 2.28. The number of aryl methyl sites for hydroxylation is 1. The van der Waals surface area contributed by atoms with E-state index in [2.05, 4.69) is 0 Å². The first-order valence-corrected chi connectivity index (χ1v) is 6.29. The molecule has 0 saturated carbocycles. The highest BCUT2D eigenvalue weighted by atomic mass is 16.5. The van der Waals surface area contributed by atoms with Gasteiger partial charge in [-0.1, -0.05) is 17.7 Å². The molecule has 1 aliphatic rings. The van der Waals surface area contributed by atoms with Crippen molar-refractivity contribution < 1.29 is 14.6 Å². The highest BCUT2D eigenvalue weighted by Gasteiger charge is 2.23. The minimum atomic E-state index is -0.804. The number of hydrogen-bond donors (Lipinski definition) is 1. The van der Waals surface area contributed by atoms with Crippen LogP contribution in [0.4, 0.5) is 5.69 Å². The summed E-state index contributed by atoms with van der Waals surface area (Å²) in [6, 6.07) is 8.14. The van der Waals surface area contributed by atoms with E-state index < -0.39 is 5.97 Å². The number of carbonyl (C=O) groups is 1. The normalized spacial score (nSPS) is 19.5. The van der Waals surface area contributed by atoms with Gasteiger partial charge in [0.25, 0.3) is 0 Å². The molecule has 4 nitrogen and oxygen atoms in total. The number of rotatable bonds is 4. The van der Waals surface area contributed by atoms with Crippen molar-refractivity contribution in [3.63, 3.8) is 0 Å². The zero-order valence-electron chi connectivity index (χ0n) is 10.6. The van der Waals surface area contributed by atoms with Gasteiger partial charge in [-0.25, -0.2) is 0 Å². The fraction of sp³-hybridized carbons (Fsp3) is 0.500. The highest BCUT2D eigenvalue weighted by molar-refractivity contribution is 5.74. The molecule has 4 heteroatoms. The molecule has 0 aromatic heterocycles. The summed E-state index contributed by atoms with van der Waals surface area (Å²) in [6.07, 6.45) is 1.98. The van der Waals surface area contributed by atoms with Crippen molar-refractivity contribution in [3.8, 4) is 0 Å². The summed E-state index contributed by atoms with van der Waals surface area (Å²) in [5.41, 5.74) is 2.13. The Bertz CT molecular complexity index is 396. The number of anilines is 1. The van der Waals surface area contributed by atoms with Gasteiger partial charge in [0.05, 0.1) is 12.6 Å². The first-order valence-electron chi connectivity index (χ1n) is 6.29. The second-order valence-corrected chi connectivity index (χ2v) is 4.73. The van der Waals surface area contributed by atoms with Crippen molar-refractivity contribution in [3.05, 3.63) is 29.8 Å². The van der Waals surface area contributed by atoms with Crippen LogP contribution in [0.1, 0.15) is 18.4 Å². The van der Waals surface area contributed by atoms with Gasteiger partial charge in [-0.15, -0.1) is 0 Å². The van der Waals surface area contributed by atoms with Gasteiger partial charge in [0, 0.05) is 12.3 Å². The molecule has 0 spiro atoms. The number of carboxylic acids is 1. The molecule has 1 aliphatic heterocycles. The lowest BCUT2D eigenvalue weighted by atomic mass is 10.1. The third-order valence-corrected chi connectivity index (χ3v) is 3.25. The van der Waals surface area contributed by atoms with Crippen LogP contribution >= 0.6 is 0 Å². The topological polar surface area (TPSA) is 49.8 Å². The maximum Gasteiger partial charge on any atom is 0.323 e. The first kappa shape index (κ1) is 12.9. The fourth-order valence-corrected chi connectivity index (χ4v) is 2.28. The van der Waals surface area contributed by atoms with Crippen molar-refractivity contribution >= 4 is 11.7 Å². The zero-order valence-corrected chi connectivity index (χ0v) is 10.6. The minimum Gasteiger partial charge on any atom is -0.480 e. The first-order chi connectivity index (χ1) is 8.66. The Morgan fingerprint density at radius 2 is 2.17 bits per heavy atom. The molecule has 1 fully saturated rings. The van der Waals surface area contributed by atoms with E-state index in [9.17, 15) is 4.79 Å². The predicted octanol–water partition coefficient (Wildman–Crippen LogP) is 2.07. The summed E-state index contributed by atoms with van der Waals surface area (Å²) in [5.74, 6) is -0.804. The smallest absolute Gasteiger partial charge is 0.323 e. The van der Waals surface area contributed by atoms with Crippen LogP contribution in [0.5, 0.6) is 0 Å². The minimum absolute atomic E-state index is 0.0249. The number of aliphatic carboxylic acids is 1. The van der Waals surface area contributed by atoms with E-state index in [1.54, 1.807) is 0 Å². The Balaban J connectivity index is 2.17. The molecule has 0 radical (unpaired) electrons. The second-order valence-electron chi connectivity index (χ2n) is 4.73. The Morgan fingerprint density at radius 1 is 1.44 bits per heavy atom. The van der Waals surface area contributed by atoms with E-state index in [0.717, 1.165) is 25.1 Å². The van der Waals surface area contributed by atoms with Gasteiger partial charge in [0.15, 0.2) is 0 Å². The molecular formula is C14H19NO3. The largest absolute Gasteiger partial charge is 0.480 e. The standard InChI is InChI=1S/C14H19NO3/c1-11-4-6-12(7-5-11)15(9-14(16)17)13-3-2-8-18-10-13/h4-7,13H,2-3,8-10H2,1H3,(H,16,17). The van der Waals surface area contributed by atoms with E-state index in [-0.39, 0.29) is 12.6 Å². The molecule has 1 unspecified atom stereocenters. The number of nitrogens with zero attached hydrogens (tertiary/aromatic N) is 1. The van der Waals surface area contributed by atoms with Gasteiger partial charge in [0.1, 0.15) is 6.54 Å². The second kappa shape index (κ2) is 5.87. The molecule has 0 amide bonds. The number of carboxylic acid groups (broad SMARTS) is 1. The van der Waals surface area contributed by atoms with Gasteiger partial charge in [-0.2, -0.15) is 0 Å². The maximum atomic E-state index is 11.0. The van der Waals surface area contributed by atoms with Crippen LogP contribution in [-0.4, -0.2) is 36.9 Å². The van der Waals surface area contributed by atoms with Gasteiger partial charge in [-0.05, 0) is 31.9 Å². The maximum absolute atomic E-state index is 11.0. The van der Waals surface area contributed by atoms with Crippen molar-refractivity contribution in [1.82, 2.24) is 0 Å². The van der Waals surface area contributed by atoms with Gasteiger partial charge in [0.2, 0.25) is 0 Å². The lowest BCUT2D eigenvalue weighted by Crippen LogP contribution is -2.44. The summed E-state index contributed by atoms with van der Waals surface area (Å²) in [5, 5.41) is 9.05. The number of hydrogen-bond acceptors (Lipinski definition) is 3. The van der Waals surface area contributed by atoms with Crippen LogP contribution in [0.2, 0.25) is 0 Å². The summed E-state index contributed by atoms with van der Waals surface area (Å²) in [7, 11) is 0. The Kier molecular flexibility index (Phi) is 4.20. The molecule has 18 heavy (non-hydrogen) atoms. The molecule has 1 saturated heterocycles. The summed E-state index contributed by atoms with van der Waals surface area (Å²) >= 11 is 0. The zero-order chi connectivity index (χ0) is 13.0. The Hall–Kier alpha value is -1.55. The molecule has 2 rings (SSSR count). The molecule has 0 bridgehead atoms. The van der Waals surface area contributed by atoms with E-state index in [1.165, 1.54) is 5.56 Å². The van der Waals surface area contributed by atoms with E-state index >= 15 is 0 Å². The van der Waals surface area contributed by atoms with Gasteiger partial charge in [-0.3, -0.25) is 4.79 Å². The molecule has 0 aliphatic carbocycles. The molecule has 1 aromatic carbocycles. The van der Waals surface area contributed by atoms with Crippen LogP contribution < -0.4 is 4.90 Å². The lowest BCUT2D eigenvalue weighted by Gasteiger charge is -2.34. The lowest BCUT2D eigenvalue weighted by molar-refractivity contribution is -0.135. The van der Waals surface area contributed by atoms with Crippen molar-refractivity contribution in [2.75, 3.05) is 24.7 Å². The third kappa shape index (κ3) is 3.23. The van der Waals surface area contributed by atoms with Crippen LogP contribution in [0, 0.1) is 6.92 Å². The molecule has 1 N–H and O–H groups in total. The van der Waals surface area contributed by atoms with Crippen LogP contribution in [-0.2, 0) is 9.53 Å². The van der Waals surface area contributed by atoms with Crippen molar-refractivity contribution in [2.24, 2.45) is 0 Å².